The van der Waals surface area contributed by atoms with Crippen LogP contribution in [0.1, 0.15) is 0 Å². The molecule has 4 rings (SSSR count). The van der Waals surface area contributed by atoms with E-state index in [0.717, 1.165) is 4.88 Å². The molecule has 0 fully saturated rings. The van der Waals surface area contributed by atoms with Crippen molar-refractivity contribution in [2.24, 2.45) is 0 Å². The molecular formula is C17H13N3O4S. The molecule has 8 heteroatoms. The Balaban J connectivity index is 1.46. The summed E-state index contributed by atoms with van der Waals surface area (Å²) < 4.78 is 11.8. The number of nitrogens with zero attached hydrogens (tertiary/aromatic N) is 2. The van der Waals surface area contributed by atoms with E-state index in [-0.39, 0.29) is 24.8 Å². The number of fused-ring (bicyclic) bond motifs is 1. The summed E-state index contributed by atoms with van der Waals surface area (Å²) >= 11 is 1.50. The molecule has 0 bridgehead atoms. The summed E-state index contributed by atoms with van der Waals surface area (Å²) in [5, 5.41) is 4.65. The van der Waals surface area contributed by atoms with E-state index in [1.54, 1.807) is 18.2 Å². The van der Waals surface area contributed by atoms with Crippen LogP contribution in [0.2, 0.25) is 0 Å². The largest absolute Gasteiger partial charge is 0.454 e. The first kappa shape index (κ1) is 15.4. The highest BCUT2D eigenvalue weighted by Gasteiger charge is 2.14. The summed E-state index contributed by atoms with van der Waals surface area (Å²) in [6.07, 6.45) is 1.39. The van der Waals surface area contributed by atoms with Crippen LogP contribution in [-0.4, -0.2) is 22.3 Å². The van der Waals surface area contributed by atoms with Crippen molar-refractivity contribution < 1.29 is 14.3 Å². The summed E-state index contributed by atoms with van der Waals surface area (Å²) in [5.41, 5.74) is 0.900. The second-order valence-electron chi connectivity index (χ2n) is 5.33. The Morgan fingerprint density at radius 2 is 2.12 bits per heavy atom. The fraction of sp³-hybridized carbons (Fsp3) is 0.118. The highest BCUT2D eigenvalue weighted by Crippen LogP contribution is 2.34. The number of benzene rings is 1. The number of thiophene rings is 1. The molecule has 0 aliphatic carbocycles. The molecule has 0 radical (unpaired) electrons. The van der Waals surface area contributed by atoms with Crippen LogP contribution in [0.15, 0.2) is 52.9 Å². The standard InChI is InChI=1S/C17H13N3O4S/c21-16(19-11-3-4-13-14(6-11)24-10-23-13)8-20-9-18-12(7-17(20)22)15-2-1-5-25-15/h1-7,9H,8,10H2,(H,19,21). The third-order valence-electron chi connectivity index (χ3n) is 3.62. The maximum absolute atomic E-state index is 12.2. The van der Waals surface area contributed by atoms with Crippen molar-refractivity contribution in [3.05, 3.63) is 58.5 Å². The van der Waals surface area contributed by atoms with Gasteiger partial charge in [-0.25, -0.2) is 4.98 Å². The first-order valence-electron chi connectivity index (χ1n) is 7.49. The Kier molecular flexibility index (Phi) is 3.95. The molecule has 0 saturated carbocycles. The lowest BCUT2D eigenvalue weighted by Crippen LogP contribution is -2.27. The van der Waals surface area contributed by atoms with Gasteiger partial charge in [-0.05, 0) is 23.6 Å². The predicted molar refractivity (Wildman–Crippen MR) is 93.0 cm³/mol. The van der Waals surface area contributed by atoms with E-state index in [4.69, 9.17) is 9.47 Å². The number of rotatable bonds is 4. The summed E-state index contributed by atoms with van der Waals surface area (Å²) in [4.78, 5) is 29.5. The Bertz CT molecular complexity index is 982. The average molecular weight is 355 g/mol. The minimum atomic E-state index is -0.327. The molecule has 1 amide bonds. The van der Waals surface area contributed by atoms with Crippen LogP contribution in [0.25, 0.3) is 10.6 Å². The lowest BCUT2D eigenvalue weighted by molar-refractivity contribution is -0.116. The highest BCUT2D eigenvalue weighted by molar-refractivity contribution is 7.13. The normalized spacial score (nSPS) is 12.2. The zero-order valence-electron chi connectivity index (χ0n) is 13.0. The topological polar surface area (TPSA) is 82.5 Å². The van der Waals surface area contributed by atoms with Crippen molar-refractivity contribution in [3.8, 4) is 22.1 Å². The molecule has 0 unspecified atom stereocenters. The first-order valence-corrected chi connectivity index (χ1v) is 8.37. The molecule has 1 aliphatic heterocycles. The van der Waals surface area contributed by atoms with Crippen molar-refractivity contribution in [1.29, 1.82) is 0 Å². The van der Waals surface area contributed by atoms with Crippen molar-refractivity contribution in [2.45, 2.75) is 6.54 Å². The van der Waals surface area contributed by atoms with E-state index in [2.05, 4.69) is 10.3 Å². The van der Waals surface area contributed by atoms with E-state index in [9.17, 15) is 9.59 Å². The predicted octanol–water partition coefficient (Wildman–Crippen LogP) is 2.34. The smallest absolute Gasteiger partial charge is 0.254 e. The van der Waals surface area contributed by atoms with Gasteiger partial charge in [0.1, 0.15) is 6.54 Å². The van der Waals surface area contributed by atoms with Crippen LogP contribution in [0, 0.1) is 0 Å². The molecule has 3 aromatic rings. The number of ether oxygens (including phenoxy) is 2. The molecule has 0 atom stereocenters. The lowest BCUT2D eigenvalue weighted by atomic mass is 10.2. The third kappa shape index (κ3) is 3.24. The Morgan fingerprint density at radius 3 is 2.92 bits per heavy atom. The van der Waals surface area contributed by atoms with E-state index in [0.29, 0.717) is 22.9 Å². The number of carbonyl (C=O) groups is 1. The SMILES string of the molecule is O=C(Cn1cnc(-c2cccs2)cc1=O)Nc1ccc2c(c1)OCO2. The van der Waals surface area contributed by atoms with Gasteiger partial charge in [-0.15, -0.1) is 11.3 Å². The minimum Gasteiger partial charge on any atom is -0.454 e. The molecule has 25 heavy (non-hydrogen) atoms. The average Bonchev–Trinajstić information content (AvgIpc) is 3.27. The van der Waals surface area contributed by atoms with Gasteiger partial charge in [-0.3, -0.25) is 14.2 Å². The van der Waals surface area contributed by atoms with E-state index >= 15 is 0 Å². The van der Waals surface area contributed by atoms with Crippen molar-refractivity contribution in [1.82, 2.24) is 9.55 Å². The van der Waals surface area contributed by atoms with Gasteiger partial charge in [0.25, 0.3) is 5.56 Å². The number of aromatic nitrogens is 2. The first-order chi connectivity index (χ1) is 12.2. The zero-order valence-corrected chi connectivity index (χ0v) is 13.8. The van der Waals surface area contributed by atoms with E-state index < -0.39 is 0 Å². The molecule has 7 nitrogen and oxygen atoms in total. The van der Waals surface area contributed by atoms with Crippen molar-refractivity contribution in [3.63, 3.8) is 0 Å². The Morgan fingerprint density at radius 1 is 1.24 bits per heavy atom. The monoisotopic (exact) mass is 355 g/mol. The van der Waals surface area contributed by atoms with E-state index in [1.165, 1.54) is 28.3 Å². The van der Waals surface area contributed by atoms with Gasteiger partial charge in [0, 0.05) is 17.8 Å². The van der Waals surface area contributed by atoms with Gasteiger partial charge in [0.15, 0.2) is 11.5 Å². The van der Waals surface area contributed by atoms with Crippen LogP contribution in [0.5, 0.6) is 11.5 Å². The summed E-state index contributed by atoms with van der Waals surface area (Å²) in [6.45, 7) is 0.0510. The Labute approximate surface area is 146 Å². The minimum absolute atomic E-state index is 0.120. The quantitative estimate of drug-likeness (QED) is 0.777. The Hall–Kier alpha value is -3.13. The molecule has 0 saturated heterocycles. The summed E-state index contributed by atoms with van der Waals surface area (Å²) in [6, 6.07) is 10.3. The van der Waals surface area contributed by atoms with Gasteiger partial charge < -0.3 is 14.8 Å². The van der Waals surface area contributed by atoms with Crippen LogP contribution < -0.4 is 20.3 Å². The molecule has 1 aliphatic rings. The molecular weight excluding hydrogens is 342 g/mol. The highest BCUT2D eigenvalue weighted by atomic mass is 32.1. The molecule has 2 aromatic heterocycles. The van der Waals surface area contributed by atoms with Crippen LogP contribution in [-0.2, 0) is 11.3 Å². The molecule has 1 aromatic carbocycles. The lowest BCUT2D eigenvalue weighted by Gasteiger charge is -2.08. The molecule has 3 heterocycles. The van der Waals surface area contributed by atoms with E-state index in [1.807, 2.05) is 17.5 Å². The van der Waals surface area contributed by atoms with Crippen LogP contribution in [0.3, 0.4) is 0 Å². The summed E-state index contributed by atoms with van der Waals surface area (Å²) in [7, 11) is 0. The molecule has 1 N–H and O–H groups in total. The fourth-order valence-corrected chi connectivity index (χ4v) is 3.13. The molecule has 0 spiro atoms. The van der Waals surface area contributed by atoms with Crippen LogP contribution >= 0.6 is 11.3 Å². The second-order valence-corrected chi connectivity index (χ2v) is 6.28. The maximum atomic E-state index is 12.2. The molecule has 126 valence electrons. The number of amides is 1. The van der Waals surface area contributed by atoms with Gasteiger partial charge in [0.2, 0.25) is 12.7 Å². The maximum Gasteiger partial charge on any atom is 0.254 e. The van der Waals surface area contributed by atoms with Crippen LogP contribution in [0.4, 0.5) is 5.69 Å². The fourth-order valence-electron chi connectivity index (χ4n) is 2.43. The number of anilines is 1. The van der Waals surface area contributed by atoms with Crippen molar-refractivity contribution >= 4 is 22.9 Å². The summed E-state index contributed by atoms with van der Waals surface area (Å²) in [5.74, 6) is 0.895. The second kappa shape index (κ2) is 6.40. The number of hydrogen-bond acceptors (Lipinski definition) is 6. The van der Waals surface area contributed by atoms with Gasteiger partial charge in [-0.2, -0.15) is 0 Å². The third-order valence-corrected chi connectivity index (χ3v) is 4.52. The number of carbonyl (C=O) groups excluding carboxylic acids is 1. The van der Waals surface area contributed by atoms with Gasteiger partial charge >= 0.3 is 0 Å². The zero-order chi connectivity index (χ0) is 17.2. The number of hydrogen-bond donors (Lipinski definition) is 1. The van der Waals surface area contributed by atoms with Gasteiger partial charge in [-0.1, -0.05) is 6.07 Å². The number of nitrogens with one attached hydrogen (secondary N) is 1. The van der Waals surface area contributed by atoms with Crippen molar-refractivity contribution in [2.75, 3.05) is 12.1 Å². The van der Waals surface area contributed by atoms with Gasteiger partial charge in [0.05, 0.1) is 16.9 Å².